The molecule has 63 heavy (non-hydrogen) atoms. The first-order chi connectivity index (χ1) is 31.0. The molecule has 0 aliphatic heterocycles. The Morgan fingerprint density at radius 1 is 0.317 bits per heavy atom. The SMILES string of the molecule is CCCCC/C=C\C/C=C\CCCCCCCC(=O)OC[C@H](COC(=O)CCCCCCCCCCCCCCC)OC(=O)CCCCCCCCCCCCCCCCCCC. The standard InChI is InChI=1S/C57H106O6/c1-4-7-10-13-16-19-22-25-27-28-30-33-36-39-42-45-48-51-57(60)63-54(52-61-55(58)49-46-43-40-37-34-31-24-21-18-15-12-9-6-3)53-62-56(59)50-47-44-41-38-35-32-29-26-23-20-17-14-11-8-5-2/h17,20,26,29,54H,4-16,18-19,21-25,27-28,30-53H2,1-3H3/b20-17-,29-26-/t54-/m0/s1. The molecule has 0 aromatic heterocycles. The number of hydrogen-bond acceptors (Lipinski definition) is 6. The van der Waals surface area contributed by atoms with Crippen LogP contribution in [0.25, 0.3) is 0 Å². The molecule has 0 amide bonds. The largest absolute Gasteiger partial charge is 0.462 e. The Morgan fingerprint density at radius 3 is 0.905 bits per heavy atom. The molecule has 0 aromatic carbocycles. The van der Waals surface area contributed by atoms with Crippen LogP contribution < -0.4 is 0 Å². The molecule has 0 heterocycles. The molecule has 1 atom stereocenters. The Hall–Kier alpha value is -2.11. The first kappa shape index (κ1) is 60.9. The third-order valence-corrected chi connectivity index (χ3v) is 12.5. The van der Waals surface area contributed by atoms with E-state index in [1.807, 2.05) is 0 Å². The van der Waals surface area contributed by atoms with Crippen LogP contribution in [0.1, 0.15) is 303 Å². The lowest BCUT2D eigenvalue weighted by atomic mass is 10.0. The fourth-order valence-electron chi connectivity index (χ4n) is 8.24. The molecule has 0 unspecified atom stereocenters. The Kier molecular flexibility index (Phi) is 50.8. The van der Waals surface area contributed by atoms with E-state index in [1.54, 1.807) is 0 Å². The highest BCUT2D eigenvalue weighted by atomic mass is 16.6. The molecular weight excluding hydrogens is 781 g/mol. The van der Waals surface area contributed by atoms with Gasteiger partial charge in [0.25, 0.3) is 0 Å². The minimum absolute atomic E-state index is 0.0704. The predicted octanol–water partition coefficient (Wildman–Crippen LogP) is 18.3. The Morgan fingerprint density at radius 2 is 0.571 bits per heavy atom. The van der Waals surface area contributed by atoms with E-state index in [2.05, 4.69) is 45.1 Å². The van der Waals surface area contributed by atoms with Crippen LogP contribution in [0.5, 0.6) is 0 Å². The molecule has 0 aliphatic carbocycles. The van der Waals surface area contributed by atoms with Crippen molar-refractivity contribution in [2.45, 2.75) is 309 Å². The average Bonchev–Trinajstić information content (AvgIpc) is 3.28. The molecule has 0 N–H and O–H groups in total. The molecule has 6 nitrogen and oxygen atoms in total. The topological polar surface area (TPSA) is 78.9 Å². The van der Waals surface area contributed by atoms with E-state index in [4.69, 9.17) is 14.2 Å². The van der Waals surface area contributed by atoms with Gasteiger partial charge < -0.3 is 14.2 Å². The van der Waals surface area contributed by atoms with Crippen LogP contribution in [0.3, 0.4) is 0 Å². The normalized spacial score (nSPS) is 12.1. The summed E-state index contributed by atoms with van der Waals surface area (Å²) < 4.78 is 16.8. The maximum Gasteiger partial charge on any atom is 0.306 e. The summed E-state index contributed by atoms with van der Waals surface area (Å²) in [6.07, 6.45) is 60.2. The van der Waals surface area contributed by atoms with E-state index in [-0.39, 0.29) is 31.1 Å². The van der Waals surface area contributed by atoms with Crippen molar-refractivity contribution in [1.82, 2.24) is 0 Å². The number of carbonyl (C=O) groups excluding carboxylic acids is 3. The Balaban J connectivity index is 4.34. The number of esters is 3. The second-order valence-electron chi connectivity index (χ2n) is 18.9. The summed E-state index contributed by atoms with van der Waals surface area (Å²) in [4.78, 5) is 38.1. The molecule has 0 aliphatic rings. The van der Waals surface area contributed by atoms with Gasteiger partial charge in [0, 0.05) is 19.3 Å². The molecule has 0 bridgehead atoms. The fourth-order valence-corrected chi connectivity index (χ4v) is 8.24. The van der Waals surface area contributed by atoms with Crippen LogP contribution in [-0.4, -0.2) is 37.2 Å². The Bertz CT molecular complexity index is 1020. The van der Waals surface area contributed by atoms with Crippen LogP contribution in [0, 0.1) is 0 Å². The van der Waals surface area contributed by atoms with Gasteiger partial charge in [0.1, 0.15) is 13.2 Å². The van der Waals surface area contributed by atoms with Gasteiger partial charge in [0.05, 0.1) is 0 Å². The zero-order valence-corrected chi connectivity index (χ0v) is 42.4. The van der Waals surface area contributed by atoms with Gasteiger partial charge >= 0.3 is 17.9 Å². The van der Waals surface area contributed by atoms with Crippen LogP contribution in [0.2, 0.25) is 0 Å². The highest BCUT2D eigenvalue weighted by Gasteiger charge is 2.19. The van der Waals surface area contributed by atoms with Crippen molar-refractivity contribution < 1.29 is 28.6 Å². The molecule has 0 spiro atoms. The number of rotatable bonds is 51. The number of ether oxygens (including phenoxy) is 3. The van der Waals surface area contributed by atoms with Crippen molar-refractivity contribution in [2.75, 3.05) is 13.2 Å². The quantitative estimate of drug-likeness (QED) is 0.0262. The van der Waals surface area contributed by atoms with Crippen LogP contribution in [-0.2, 0) is 28.6 Å². The van der Waals surface area contributed by atoms with E-state index in [0.717, 1.165) is 77.0 Å². The molecule has 0 radical (unpaired) electrons. The van der Waals surface area contributed by atoms with Gasteiger partial charge in [0.2, 0.25) is 0 Å². The van der Waals surface area contributed by atoms with Gasteiger partial charge in [-0.1, -0.05) is 257 Å². The maximum absolute atomic E-state index is 12.8. The zero-order valence-electron chi connectivity index (χ0n) is 42.4. The van der Waals surface area contributed by atoms with Crippen molar-refractivity contribution in [2.24, 2.45) is 0 Å². The number of carbonyl (C=O) groups is 3. The summed E-state index contributed by atoms with van der Waals surface area (Å²) in [5.41, 5.74) is 0. The van der Waals surface area contributed by atoms with Crippen LogP contribution in [0.15, 0.2) is 24.3 Å². The molecule has 6 heteroatoms. The van der Waals surface area contributed by atoms with Gasteiger partial charge in [-0.25, -0.2) is 0 Å². The summed E-state index contributed by atoms with van der Waals surface area (Å²) in [6.45, 7) is 6.64. The van der Waals surface area contributed by atoms with Crippen molar-refractivity contribution in [3.05, 3.63) is 24.3 Å². The minimum Gasteiger partial charge on any atom is -0.462 e. The third kappa shape index (κ3) is 50.7. The van der Waals surface area contributed by atoms with Crippen LogP contribution in [0.4, 0.5) is 0 Å². The molecule has 0 fully saturated rings. The first-order valence-corrected chi connectivity index (χ1v) is 27.8. The lowest BCUT2D eigenvalue weighted by Crippen LogP contribution is -2.30. The highest BCUT2D eigenvalue weighted by molar-refractivity contribution is 5.71. The second kappa shape index (κ2) is 52.5. The summed E-state index contributed by atoms with van der Waals surface area (Å²) >= 11 is 0. The molecular formula is C57H106O6. The van der Waals surface area contributed by atoms with Gasteiger partial charge in [-0.3, -0.25) is 14.4 Å². The monoisotopic (exact) mass is 887 g/mol. The van der Waals surface area contributed by atoms with E-state index >= 15 is 0 Å². The molecule has 0 aromatic rings. The Labute approximate surface area is 392 Å². The summed E-state index contributed by atoms with van der Waals surface area (Å²) in [5, 5.41) is 0. The average molecular weight is 887 g/mol. The van der Waals surface area contributed by atoms with Crippen LogP contribution >= 0.6 is 0 Å². The van der Waals surface area contributed by atoms with Crippen molar-refractivity contribution in [3.63, 3.8) is 0 Å². The predicted molar refractivity (Wildman–Crippen MR) is 270 cm³/mol. The summed E-state index contributed by atoms with van der Waals surface area (Å²) in [5.74, 6) is -0.866. The summed E-state index contributed by atoms with van der Waals surface area (Å²) in [7, 11) is 0. The van der Waals surface area contributed by atoms with Crippen molar-refractivity contribution in [3.8, 4) is 0 Å². The van der Waals surface area contributed by atoms with Gasteiger partial charge in [-0.05, 0) is 51.4 Å². The van der Waals surface area contributed by atoms with E-state index in [1.165, 1.54) is 186 Å². The van der Waals surface area contributed by atoms with E-state index < -0.39 is 6.10 Å². The molecule has 0 saturated carbocycles. The van der Waals surface area contributed by atoms with Gasteiger partial charge in [0.15, 0.2) is 6.10 Å². The molecule has 0 saturated heterocycles. The molecule has 0 rings (SSSR count). The maximum atomic E-state index is 12.8. The smallest absolute Gasteiger partial charge is 0.306 e. The number of unbranched alkanes of at least 4 members (excludes halogenated alkanes) is 36. The van der Waals surface area contributed by atoms with E-state index in [9.17, 15) is 14.4 Å². The highest BCUT2D eigenvalue weighted by Crippen LogP contribution is 2.17. The second-order valence-corrected chi connectivity index (χ2v) is 18.9. The minimum atomic E-state index is -0.771. The number of hydrogen-bond donors (Lipinski definition) is 0. The lowest BCUT2D eigenvalue weighted by molar-refractivity contribution is -0.167. The van der Waals surface area contributed by atoms with Gasteiger partial charge in [-0.15, -0.1) is 0 Å². The lowest BCUT2D eigenvalue weighted by Gasteiger charge is -2.18. The van der Waals surface area contributed by atoms with E-state index in [0.29, 0.717) is 19.3 Å². The summed E-state index contributed by atoms with van der Waals surface area (Å²) in [6, 6.07) is 0. The first-order valence-electron chi connectivity index (χ1n) is 27.8. The van der Waals surface area contributed by atoms with Crippen molar-refractivity contribution in [1.29, 1.82) is 0 Å². The van der Waals surface area contributed by atoms with Gasteiger partial charge in [-0.2, -0.15) is 0 Å². The zero-order chi connectivity index (χ0) is 45.8. The molecule has 370 valence electrons. The van der Waals surface area contributed by atoms with Crippen molar-refractivity contribution >= 4 is 17.9 Å². The fraction of sp³-hybridized carbons (Fsp3) is 0.877. The third-order valence-electron chi connectivity index (χ3n) is 12.5. The number of allylic oxidation sites excluding steroid dienone is 4.